The Bertz CT molecular complexity index is 1100. The number of aliphatic carboxylic acids is 1. The van der Waals surface area contributed by atoms with Gasteiger partial charge in [-0.3, -0.25) is 5.10 Å². The number of H-pyrrole nitrogens is 1. The van der Waals surface area contributed by atoms with Crippen molar-refractivity contribution in [3.63, 3.8) is 0 Å². The van der Waals surface area contributed by atoms with Gasteiger partial charge in [0.15, 0.2) is 23.0 Å². The Morgan fingerprint density at radius 3 is 2.52 bits per heavy atom. The lowest BCUT2D eigenvalue weighted by molar-refractivity contribution is -0.192. The van der Waals surface area contributed by atoms with Gasteiger partial charge in [0.1, 0.15) is 5.39 Å². The third kappa shape index (κ3) is 5.17. The summed E-state index contributed by atoms with van der Waals surface area (Å²) >= 11 is 0. The van der Waals surface area contributed by atoms with Crippen LogP contribution in [0, 0.1) is 11.2 Å². The van der Waals surface area contributed by atoms with E-state index in [1.165, 1.54) is 12.1 Å². The summed E-state index contributed by atoms with van der Waals surface area (Å²) in [6, 6.07) is 4.01. The summed E-state index contributed by atoms with van der Waals surface area (Å²) in [5.41, 5.74) is 1.04. The largest absolute Gasteiger partial charge is 0.505 e. The summed E-state index contributed by atoms with van der Waals surface area (Å²) in [5.74, 6) is -3.19. The van der Waals surface area contributed by atoms with E-state index < -0.39 is 23.7 Å². The van der Waals surface area contributed by atoms with Gasteiger partial charge in [0, 0.05) is 24.1 Å². The molecule has 0 amide bonds. The molecule has 1 fully saturated rings. The highest BCUT2D eigenvalue weighted by Gasteiger charge is 2.38. The van der Waals surface area contributed by atoms with E-state index in [9.17, 15) is 22.7 Å². The summed E-state index contributed by atoms with van der Waals surface area (Å²) < 4.78 is 51.3. The van der Waals surface area contributed by atoms with Gasteiger partial charge in [-0.05, 0) is 18.2 Å². The zero-order chi connectivity index (χ0) is 22.8. The maximum atomic E-state index is 13.6. The molecule has 0 spiro atoms. The minimum atomic E-state index is -5.08. The van der Waals surface area contributed by atoms with Crippen molar-refractivity contribution >= 4 is 17.0 Å². The standard InChI is InChI=1S/C16H16FN5O2.C2HF3O2/c1-16(6-18-7-16)8-24-15-10-5-19-22-14(10)20-13(21-15)9-2-3-12(23)11(17)4-9;3-2(4,5)1(6)7/h2-5,18,23H,6-8H2,1H3,(H,19,20,21,22);(H,6,7). The van der Waals surface area contributed by atoms with Crippen molar-refractivity contribution in [3.8, 4) is 23.0 Å². The van der Waals surface area contributed by atoms with Crippen LogP contribution >= 0.6 is 0 Å². The van der Waals surface area contributed by atoms with E-state index in [4.69, 9.17) is 14.6 Å². The third-order valence-electron chi connectivity index (χ3n) is 4.38. The lowest BCUT2D eigenvalue weighted by Gasteiger charge is -2.38. The van der Waals surface area contributed by atoms with E-state index in [2.05, 4.69) is 32.4 Å². The lowest BCUT2D eigenvalue weighted by atomic mass is 9.85. The fraction of sp³-hybridized carbons (Fsp3) is 0.333. The van der Waals surface area contributed by atoms with E-state index in [0.29, 0.717) is 34.9 Å². The van der Waals surface area contributed by atoms with Crippen molar-refractivity contribution < 1.29 is 37.3 Å². The van der Waals surface area contributed by atoms with Crippen molar-refractivity contribution in [2.24, 2.45) is 5.41 Å². The number of hydrogen-bond acceptors (Lipinski definition) is 7. The van der Waals surface area contributed by atoms with Gasteiger partial charge in [0.2, 0.25) is 5.88 Å². The van der Waals surface area contributed by atoms with Gasteiger partial charge in [-0.15, -0.1) is 0 Å². The predicted octanol–water partition coefficient (Wildman–Crippen LogP) is 2.49. The van der Waals surface area contributed by atoms with E-state index >= 15 is 0 Å². The van der Waals surface area contributed by atoms with Crippen LogP contribution in [-0.4, -0.2) is 62.2 Å². The first kappa shape index (κ1) is 22.2. The maximum Gasteiger partial charge on any atom is 0.490 e. The maximum absolute atomic E-state index is 13.6. The molecule has 1 aliphatic heterocycles. The number of aromatic amines is 1. The summed E-state index contributed by atoms with van der Waals surface area (Å²) in [6.45, 7) is 4.43. The minimum absolute atomic E-state index is 0.0752. The first-order chi connectivity index (χ1) is 14.5. The molecular formula is C18H17F4N5O4. The second-order valence-electron chi connectivity index (χ2n) is 7.16. The average Bonchev–Trinajstić information content (AvgIpc) is 3.15. The van der Waals surface area contributed by atoms with Crippen molar-refractivity contribution in [2.75, 3.05) is 19.7 Å². The molecule has 0 aliphatic carbocycles. The van der Waals surface area contributed by atoms with E-state index in [-0.39, 0.29) is 5.41 Å². The number of carboxylic acid groups (broad SMARTS) is 1. The zero-order valence-corrected chi connectivity index (χ0v) is 16.0. The van der Waals surface area contributed by atoms with Crippen LogP contribution in [0.15, 0.2) is 24.4 Å². The van der Waals surface area contributed by atoms with Crippen molar-refractivity contribution in [2.45, 2.75) is 13.1 Å². The molecule has 1 aromatic carbocycles. The Kier molecular flexibility index (Phi) is 5.97. The number of benzene rings is 1. The van der Waals surface area contributed by atoms with Crippen molar-refractivity contribution in [1.82, 2.24) is 25.5 Å². The summed E-state index contributed by atoms with van der Waals surface area (Å²) in [5, 5.41) is 27.1. The Balaban J connectivity index is 0.000000339. The van der Waals surface area contributed by atoms with Gasteiger partial charge < -0.3 is 20.3 Å². The molecule has 4 N–H and O–H groups in total. The second kappa shape index (κ2) is 8.34. The Morgan fingerprint density at radius 2 is 1.97 bits per heavy atom. The monoisotopic (exact) mass is 443 g/mol. The number of rotatable bonds is 4. The van der Waals surface area contributed by atoms with Crippen LogP contribution in [-0.2, 0) is 4.79 Å². The molecule has 1 aliphatic rings. The van der Waals surface area contributed by atoms with Gasteiger partial charge in [-0.2, -0.15) is 23.3 Å². The number of aromatic nitrogens is 4. The molecule has 3 heterocycles. The molecule has 0 radical (unpaired) electrons. The highest BCUT2D eigenvalue weighted by Crippen LogP contribution is 2.29. The van der Waals surface area contributed by atoms with Crippen LogP contribution in [0.2, 0.25) is 0 Å². The Hall–Kier alpha value is -3.48. The predicted molar refractivity (Wildman–Crippen MR) is 98.9 cm³/mol. The fourth-order valence-corrected chi connectivity index (χ4v) is 2.59. The molecule has 13 heteroatoms. The number of halogens is 4. The number of fused-ring (bicyclic) bond motifs is 1. The molecule has 2 aromatic heterocycles. The number of carbonyl (C=O) groups is 1. The van der Waals surface area contributed by atoms with Crippen LogP contribution in [0.25, 0.3) is 22.4 Å². The van der Waals surface area contributed by atoms with Gasteiger partial charge in [-0.1, -0.05) is 6.92 Å². The smallest absolute Gasteiger partial charge is 0.490 e. The first-order valence-corrected chi connectivity index (χ1v) is 8.82. The van der Waals surface area contributed by atoms with Crippen LogP contribution in [0.5, 0.6) is 11.6 Å². The SMILES string of the molecule is CC1(COc2nc(-c3ccc(O)c(F)c3)nc3[nH]ncc23)CNC1.O=C(O)C(F)(F)F. The number of nitrogens with zero attached hydrogens (tertiary/aromatic N) is 3. The topological polar surface area (TPSA) is 133 Å². The van der Waals surface area contributed by atoms with E-state index in [0.717, 1.165) is 13.1 Å². The molecule has 0 atom stereocenters. The molecule has 0 unspecified atom stereocenters. The van der Waals surface area contributed by atoms with E-state index in [1.54, 1.807) is 12.3 Å². The van der Waals surface area contributed by atoms with Gasteiger partial charge in [-0.25, -0.2) is 14.2 Å². The van der Waals surface area contributed by atoms with E-state index in [1.807, 2.05) is 0 Å². The zero-order valence-electron chi connectivity index (χ0n) is 16.0. The quantitative estimate of drug-likeness (QED) is 0.452. The summed E-state index contributed by atoms with van der Waals surface area (Å²) in [7, 11) is 0. The highest BCUT2D eigenvalue weighted by atomic mass is 19.4. The summed E-state index contributed by atoms with van der Waals surface area (Å²) in [6.07, 6.45) is -3.48. The first-order valence-electron chi connectivity index (χ1n) is 8.82. The van der Waals surface area contributed by atoms with Crippen molar-refractivity contribution in [3.05, 3.63) is 30.2 Å². The number of aromatic hydroxyl groups is 1. The number of hydrogen-bond donors (Lipinski definition) is 4. The number of phenolic OH excluding ortho intramolecular Hbond substituents is 1. The van der Waals surface area contributed by atoms with Gasteiger partial charge >= 0.3 is 12.1 Å². The van der Waals surface area contributed by atoms with Crippen LogP contribution in [0.4, 0.5) is 17.6 Å². The fourth-order valence-electron chi connectivity index (χ4n) is 2.59. The molecule has 0 saturated carbocycles. The van der Waals surface area contributed by atoms with Crippen LogP contribution in [0.1, 0.15) is 6.92 Å². The van der Waals surface area contributed by atoms with Gasteiger partial charge in [0.25, 0.3) is 0 Å². The Labute approximate surface area is 172 Å². The molecule has 31 heavy (non-hydrogen) atoms. The molecule has 4 rings (SSSR count). The highest BCUT2D eigenvalue weighted by molar-refractivity contribution is 5.81. The minimum Gasteiger partial charge on any atom is -0.505 e. The molecule has 0 bridgehead atoms. The number of carboxylic acids is 1. The number of nitrogens with one attached hydrogen (secondary N) is 2. The molecule has 9 nitrogen and oxygen atoms in total. The second-order valence-corrected chi connectivity index (χ2v) is 7.16. The van der Waals surface area contributed by atoms with Crippen LogP contribution in [0.3, 0.4) is 0 Å². The van der Waals surface area contributed by atoms with Gasteiger partial charge in [0.05, 0.1) is 12.8 Å². The molecule has 3 aromatic rings. The average molecular weight is 443 g/mol. The normalized spacial score (nSPS) is 15.0. The molecular weight excluding hydrogens is 426 g/mol. The number of ether oxygens (including phenoxy) is 1. The molecule has 1 saturated heterocycles. The molecule has 166 valence electrons. The third-order valence-corrected chi connectivity index (χ3v) is 4.38. The summed E-state index contributed by atoms with van der Waals surface area (Å²) in [4.78, 5) is 17.7. The Morgan fingerprint density at radius 1 is 1.29 bits per heavy atom. The lowest BCUT2D eigenvalue weighted by Crippen LogP contribution is -2.54. The van der Waals surface area contributed by atoms with Crippen LogP contribution < -0.4 is 10.1 Å². The van der Waals surface area contributed by atoms with Crippen molar-refractivity contribution in [1.29, 1.82) is 0 Å². The number of alkyl halides is 3. The number of phenols is 1.